The zero-order chi connectivity index (χ0) is 11.3. The van der Waals surface area contributed by atoms with Crippen molar-refractivity contribution in [2.75, 3.05) is 29.9 Å². The largest absolute Gasteiger partial charge is 0.397 e. The standard InChI is InChI=1S/C11H16Cl2N2/c1-15-10-3-2-8(4-6-12)9(5-7-13)11(10)14/h2-3,15H,4-7,14H2,1H3. The third-order valence-corrected chi connectivity index (χ3v) is 2.81. The highest BCUT2D eigenvalue weighted by atomic mass is 35.5. The zero-order valence-corrected chi connectivity index (χ0v) is 10.3. The van der Waals surface area contributed by atoms with Gasteiger partial charge in [-0.25, -0.2) is 0 Å². The topological polar surface area (TPSA) is 38.0 Å². The minimum Gasteiger partial charge on any atom is -0.397 e. The summed E-state index contributed by atoms with van der Waals surface area (Å²) < 4.78 is 0. The Bertz CT molecular complexity index is 327. The second-order valence-electron chi connectivity index (χ2n) is 3.29. The number of nitrogens with one attached hydrogen (secondary N) is 1. The van der Waals surface area contributed by atoms with Gasteiger partial charge in [-0.15, -0.1) is 23.2 Å². The second-order valence-corrected chi connectivity index (χ2v) is 4.05. The average molecular weight is 247 g/mol. The monoisotopic (exact) mass is 246 g/mol. The fourth-order valence-electron chi connectivity index (χ4n) is 1.65. The van der Waals surface area contributed by atoms with E-state index >= 15 is 0 Å². The molecular formula is C11H16Cl2N2. The van der Waals surface area contributed by atoms with Gasteiger partial charge in [-0.05, 0) is 30.0 Å². The number of nitrogen functional groups attached to an aromatic ring is 1. The molecule has 0 bridgehead atoms. The Hall–Kier alpha value is -0.600. The lowest BCUT2D eigenvalue weighted by molar-refractivity contribution is 1.05. The van der Waals surface area contributed by atoms with Crippen LogP contribution in [0.4, 0.5) is 11.4 Å². The van der Waals surface area contributed by atoms with Gasteiger partial charge in [0.15, 0.2) is 0 Å². The Morgan fingerprint density at radius 2 is 1.87 bits per heavy atom. The van der Waals surface area contributed by atoms with Gasteiger partial charge < -0.3 is 11.1 Å². The van der Waals surface area contributed by atoms with E-state index in [9.17, 15) is 0 Å². The first-order chi connectivity index (χ1) is 7.24. The van der Waals surface area contributed by atoms with Crippen molar-refractivity contribution in [2.24, 2.45) is 0 Å². The van der Waals surface area contributed by atoms with Crippen LogP contribution in [0.2, 0.25) is 0 Å². The number of nitrogens with two attached hydrogens (primary N) is 1. The Balaban J connectivity index is 3.11. The predicted molar refractivity (Wildman–Crippen MR) is 69.2 cm³/mol. The van der Waals surface area contributed by atoms with Crippen LogP contribution in [-0.2, 0) is 12.8 Å². The molecule has 15 heavy (non-hydrogen) atoms. The van der Waals surface area contributed by atoms with E-state index in [2.05, 4.69) is 11.4 Å². The molecule has 0 saturated carbocycles. The number of halogens is 2. The summed E-state index contributed by atoms with van der Waals surface area (Å²) in [4.78, 5) is 0. The van der Waals surface area contributed by atoms with Crippen LogP contribution < -0.4 is 11.1 Å². The molecular weight excluding hydrogens is 231 g/mol. The van der Waals surface area contributed by atoms with E-state index in [-0.39, 0.29) is 0 Å². The summed E-state index contributed by atoms with van der Waals surface area (Å²) in [5.74, 6) is 1.18. The van der Waals surface area contributed by atoms with E-state index in [0.29, 0.717) is 11.8 Å². The molecule has 0 aliphatic rings. The van der Waals surface area contributed by atoms with Gasteiger partial charge in [0.1, 0.15) is 0 Å². The Morgan fingerprint density at radius 1 is 1.20 bits per heavy atom. The molecule has 0 spiro atoms. The lowest BCUT2D eigenvalue weighted by Crippen LogP contribution is -2.05. The highest BCUT2D eigenvalue weighted by molar-refractivity contribution is 6.18. The van der Waals surface area contributed by atoms with Crippen LogP contribution in [0.25, 0.3) is 0 Å². The molecule has 0 aromatic heterocycles. The van der Waals surface area contributed by atoms with E-state index in [1.165, 1.54) is 5.56 Å². The lowest BCUT2D eigenvalue weighted by atomic mass is 10.00. The summed E-state index contributed by atoms with van der Waals surface area (Å²) >= 11 is 11.5. The van der Waals surface area contributed by atoms with Gasteiger partial charge in [0.2, 0.25) is 0 Å². The van der Waals surface area contributed by atoms with E-state index in [1.54, 1.807) is 0 Å². The molecule has 0 unspecified atom stereocenters. The fraction of sp³-hybridized carbons (Fsp3) is 0.455. The Labute approximate surface area is 101 Å². The van der Waals surface area contributed by atoms with Crippen LogP contribution >= 0.6 is 23.2 Å². The summed E-state index contributed by atoms with van der Waals surface area (Å²) in [6, 6.07) is 4.04. The van der Waals surface area contributed by atoms with Crippen LogP contribution in [0.5, 0.6) is 0 Å². The molecule has 0 amide bonds. The van der Waals surface area contributed by atoms with Crippen molar-refractivity contribution in [3.63, 3.8) is 0 Å². The first kappa shape index (κ1) is 12.5. The highest BCUT2D eigenvalue weighted by Crippen LogP contribution is 2.27. The molecule has 0 aliphatic carbocycles. The van der Waals surface area contributed by atoms with Gasteiger partial charge in [0.05, 0.1) is 11.4 Å². The van der Waals surface area contributed by atoms with Crippen LogP contribution in [0, 0.1) is 0 Å². The quantitative estimate of drug-likeness (QED) is 0.620. The summed E-state index contributed by atoms with van der Waals surface area (Å²) in [6.45, 7) is 0. The van der Waals surface area contributed by atoms with Crippen molar-refractivity contribution < 1.29 is 0 Å². The van der Waals surface area contributed by atoms with Gasteiger partial charge in [0.25, 0.3) is 0 Å². The molecule has 1 rings (SSSR count). The van der Waals surface area contributed by atoms with E-state index < -0.39 is 0 Å². The molecule has 0 fully saturated rings. The molecule has 1 aromatic carbocycles. The van der Waals surface area contributed by atoms with Crippen LogP contribution in [-0.4, -0.2) is 18.8 Å². The van der Waals surface area contributed by atoms with Crippen LogP contribution in [0.3, 0.4) is 0 Å². The van der Waals surface area contributed by atoms with Crippen molar-refractivity contribution in [2.45, 2.75) is 12.8 Å². The van der Waals surface area contributed by atoms with Crippen molar-refractivity contribution in [1.82, 2.24) is 0 Å². The molecule has 0 saturated heterocycles. The molecule has 4 heteroatoms. The predicted octanol–water partition coefficient (Wildman–Crippen LogP) is 2.87. The third kappa shape index (κ3) is 2.93. The molecule has 0 radical (unpaired) electrons. The molecule has 0 atom stereocenters. The summed E-state index contributed by atoms with van der Waals surface area (Å²) in [5.41, 5.74) is 10.1. The number of aryl methyl sites for hydroxylation is 1. The molecule has 1 aromatic rings. The van der Waals surface area contributed by atoms with Gasteiger partial charge in [-0.1, -0.05) is 6.07 Å². The average Bonchev–Trinajstić information content (AvgIpc) is 2.24. The maximum Gasteiger partial charge on any atom is 0.0585 e. The summed E-state index contributed by atoms with van der Waals surface area (Å²) in [5, 5.41) is 3.06. The lowest BCUT2D eigenvalue weighted by Gasteiger charge is -2.14. The number of hydrogen-bond donors (Lipinski definition) is 2. The first-order valence-corrected chi connectivity index (χ1v) is 6.01. The van der Waals surface area contributed by atoms with Crippen molar-refractivity contribution in [3.05, 3.63) is 23.3 Å². The van der Waals surface area contributed by atoms with Gasteiger partial charge in [-0.2, -0.15) is 0 Å². The third-order valence-electron chi connectivity index (χ3n) is 2.43. The summed E-state index contributed by atoms with van der Waals surface area (Å²) in [6.07, 6.45) is 1.62. The normalized spacial score (nSPS) is 10.3. The van der Waals surface area contributed by atoms with Crippen LogP contribution in [0.1, 0.15) is 11.1 Å². The maximum absolute atomic E-state index is 6.05. The Kier molecular flexibility index (Phi) is 5.06. The molecule has 0 aliphatic heterocycles. The second kappa shape index (κ2) is 6.09. The first-order valence-electron chi connectivity index (χ1n) is 4.94. The number of hydrogen-bond acceptors (Lipinski definition) is 2. The maximum atomic E-state index is 6.05. The minimum atomic E-state index is 0.576. The molecule has 2 nitrogen and oxygen atoms in total. The number of benzene rings is 1. The SMILES string of the molecule is CNc1ccc(CCCl)c(CCCl)c1N. The van der Waals surface area contributed by atoms with E-state index in [0.717, 1.165) is 29.8 Å². The van der Waals surface area contributed by atoms with Crippen molar-refractivity contribution in [3.8, 4) is 0 Å². The van der Waals surface area contributed by atoms with E-state index in [1.807, 2.05) is 13.1 Å². The summed E-state index contributed by atoms with van der Waals surface area (Å²) in [7, 11) is 1.86. The van der Waals surface area contributed by atoms with Crippen LogP contribution in [0.15, 0.2) is 12.1 Å². The van der Waals surface area contributed by atoms with E-state index in [4.69, 9.17) is 28.9 Å². The molecule has 0 heterocycles. The molecule has 3 N–H and O–H groups in total. The number of rotatable bonds is 5. The Morgan fingerprint density at radius 3 is 2.40 bits per heavy atom. The van der Waals surface area contributed by atoms with Gasteiger partial charge >= 0.3 is 0 Å². The highest BCUT2D eigenvalue weighted by Gasteiger charge is 2.09. The minimum absolute atomic E-state index is 0.576. The number of alkyl halides is 2. The molecule has 84 valence electrons. The fourth-order valence-corrected chi connectivity index (χ4v) is 2.05. The van der Waals surface area contributed by atoms with Crippen molar-refractivity contribution >= 4 is 34.6 Å². The van der Waals surface area contributed by atoms with Crippen molar-refractivity contribution in [1.29, 1.82) is 0 Å². The zero-order valence-electron chi connectivity index (χ0n) is 8.82. The smallest absolute Gasteiger partial charge is 0.0585 e. The number of anilines is 2. The van der Waals surface area contributed by atoms with Gasteiger partial charge in [0, 0.05) is 18.8 Å². The van der Waals surface area contributed by atoms with Gasteiger partial charge in [-0.3, -0.25) is 0 Å².